The topological polar surface area (TPSA) is 66.5 Å². The molecule has 1 atom stereocenters. The van der Waals surface area contributed by atoms with Crippen molar-refractivity contribution in [2.45, 2.75) is 29.6 Å². The summed E-state index contributed by atoms with van der Waals surface area (Å²) in [5.74, 6) is 0.608. The van der Waals surface area contributed by atoms with Crippen LogP contribution in [0.25, 0.3) is 0 Å². The van der Waals surface area contributed by atoms with Crippen molar-refractivity contribution in [3.8, 4) is 6.07 Å². The molecule has 1 N–H and O–H groups in total. The second-order valence-corrected chi connectivity index (χ2v) is 6.26. The van der Waals surface area contributed by atoms with E-state index in [1.807, 2.05) is 41.9 Å². The minimum Gasteiger partial charge on any atom is -0.312 e. The summed E-state index contributed by atoms with van der Waals surface area (Å²) in [4.78, 5) is 0. The molecule has 1 aromatic heterocycles. The molecule has 1 unspecified atom stereocenters. The highest BCUT2D eigenvalue weighted by Gasteiger charge is 2.38. The summed E-state index contributed by atoms with van der Waals surface area (Å²) in [5.41, 5.74) is 0.327. The number of benzene rings is 1. The average molecular weight is 299 g/mol. The SMILES string of the molecule is Cn1cnnc1SCC(C#N)(NC1CC1)c1ccccc1. The van der Waals surface area contributed by atoms with Crippen molar-refractivity contribution < 1.29 is 0 Å². The molecule has 3 rings (SSSR count). The van der Waals surface area contributed by atoms with E-state index in [1.165, 1.54) is 0 Å². The van der Waals surface area contributed by atoms with Crippen LogP contribution in [0.5, 0.6) is 0 Å². The second-order valence-electron chi connectivity index (χ2n) is 5.31. The van der Waals surface area contributed by atoms with E-state index >= 15 is 0 Å². The fourth-order valence-electron chi connectivity index (χ4n) is 2.21. The van der Waals surface area contributed by atoms with Crippen LogP contribution in [0.2, 0.25) is 0 Å². The zero-order valence-corrected chi connectivity index (χ0v) is 12.7. The molecule has 1 aliphatic rings. The van der Waals surface area contributed by atoms with Gasteiger partial charge in [0.05, 0.1) is 6.07 Å². The molecule has 6 heteroatoms. The van der Waals surface area contributed by atoms with Gasteiger partial charge in [0.15, 0.2) is 5.16 Å². The predicted molar refractivity (Wildman–Crippen MR) is 81.6 cm³/mol. The molecule has 0 aliphatic heterocycles. The van der Waals surface area contributed by atoms with Gasteiger partial charge < -0.3 is 4.57 Å². The van der Waals surface area contributed by atoms with Crippen molar-refractivity contribution in [2.75, 3.05) is 5.75 Å². The molecule has 0 amide bonds. The third kappa shape index (κ3) is 3.09. The van der Waals surface area contributed by atoms with Gasteiger partial charge in [-0.2, -0.15) is 5.26 Å². The molecule has 0 spiro atoms. The summed E-state index contributed by atoms with van der Waals surface area (Å²) in [6, 6.07) is 12.9. The van der Waals surface area contributed by atoms with E-state index in [1.54, 1.807) is 18.1 Å². The smallest absolute Gasteiger partial charge is 0.190 e. The number of hydrogen-bond acceptors (Lipinski definition) is 5. The van der Waals surface area contributed by atoms with Gasteiger partial charge in [-0.05, 0) is 18.4 Å². The lowest BCUT2D eigenvalue weighted by atomic mass is 9.93. The molecule has 1 aliphatic carbocycles. The van der Waals surface area contributed by atoms with Crippen molar-refractivity contribution in [3.63, 3.8) is 0 Å². The number of aryl methyl sites for hydroxylation is 1. The van der Waals surface area contributed by atoms with Crippen LogP contribution in [0.15, 0.2) is 41.8 Å². The van der Waals surface area contributed by atoms with E-state index in [4.69, 9.17) is 0 Å². The van der Waals surface area contributed by atoms with E-state index in [0.717, 1.165) is 23.6 Å². The lowest BCUT2D eigenvalue weighted by Crippen LogP contribution is -2.44. The largest absolute Gasteiger partial charge is 0.312 e. The predicted octanol–water partition coefficient (Wildman–Crippen LogP) is 2.08. The summed E-state index contributed by atoms with van der Waals surface area (Å²) >= 11 is 1.55. The lowest BCUT2D eigenvalue weighted by Gasteiger charge is -2.28. The van der Waals surface area contributed by atoms with E-state index < -0.39 is 5.54 Å². The van der Waals surface area contributed by atoms with Crippen LogP contribution in [0.4, 0.5) is 0 Å². The molecule has 1 fully saturated rings. The standard InChI is InChI=1S/C15H17N5S/c1-20-11-17-19-14(20)21-10-15(9-16,18-13-7-8-13)12-5-3-2-4-6-12/h2-6,11,13,18H,7-8,10H2,1H3. The van der Waals surface area contributed by atoms with Crippen LogP contribution in [-0.2, 0) is 12.6 Å². The number of rotatable bonds is 6. The first-order valence-electron chi connectivity index (χ1n) is 6.95. The molecule has 0 radical (unpaired) electrons. The highest BCUT2D eigenvalue weighted by atomic mass is 32.2. The average Bonchev–Trinajstić information content (AvgIpc) is 3.25. The Kier molecular flexibility index (Phi) is 3.95. The molecular weight excluding hydrogens is 282 g/mol. The van der Waals surface area contributed by atoms with Crippen LogP contribution in [0, 0.1) is 11.3 Å². The molecule has 1 saturated carbocycles. The van der Waals surface area contributed by atoms with Gasteiger partial charge in [-0.25, -0.2) is 0 Å². The quantitative estimate of drug-likeness (QED) is 0.827. The molecule has 108 valence electrons. The Labute approximate surface area is 128 Å². The van der Waals surface area contributed by atoms with Gasteiger partial charge in [-0.3, -0.25) is 5.32 Å². The fraction of sp³-hybridized carbons (Fsp3) is 0.400. The maximum absolute atomic E-state index is 9.84. The molecular formula is C15H17N5S. The highest BCUT2D eigenvalue weighted by molar-refractivity contribution is 7.99. The summed E-state index contributed by atoms with van der Waals surface area (Å²) in [5, 5.41) is 22.1. The Morgan fingerprint density at radius 2 is 2.19 bits per heavy atom. The second kappa shape index (κ2) is 5.88. The third-order valence-electron chi connectivity index (χ3n) is 3.57. The Bertz CT molecular complexity index is 644. The summed E-state index contributed by atoms with van der Waals surface area (Å²) < 4.78 is 1.87. The van der Waals surface area contributed by atoms with Gasteiger partial charge in [0.2, 0.25) is 0 Å². The first kappa shape index (κ1) is 14.1. The highest BCUT2D eigenvalue weighted by Crippen LogP contribution is 2.32. The number of nitrogens with zero attached hydrogens (tertiary/aromatic N) is 4. The maximum Gasteiger partial charge on any atom is 0.190 e. The Morgan fingerprint density at radius 3 is 2.76 bits per heavy atom. The van der Waals surface area contributed by atoms with Crippen LogP contribution in [0.3, 0.4) is 0 Å². The fourth-order valence-corrected chi connectivity index (χ4v) is 3.23. The maximum atomic E-state index is 9.84. The van der Waals surface area contributed by atoms with Gasteiger partial charge in [0.25, 0.3) is 0 Å². The van der Waals surface area contributed by atoms with Crippen molar-refractivity contribution in [3.05, 3.63) is 42.2 Å². The monoisotopic (exact) mass is 299 g/mol. The number of thioether (sulfide) groups is 1. The molecule has 2 aromatic rings. The zero-order chi connectivity index (χ0) is 14.7. The van der Waals surface area contributed by atoms with Gasteiger partial charge >= 0.3 is 0 Å². The Hall–Kier alpha value is -1.84. The number of hydrogen-bond donors (Lipinski definition) is 1. The van der Waals surface area contributed by atoms with Gasteiger partial charge in [0, 0.05) is 18.8 Å². The molecule has 1 aromatic carbocycles. The minimum absolute atomic E-state index is 0.449. The van der Waals surface area contributed by atoms with E-state index in [2.05, 4.69) is 21.6 Å². The van der Waals surface area contributed by atoms with Gasteiger partial charge in [-0.1, -0.05) is 42.1 Å². The summed E-state index contributed by atoms with van der Waals surface area (Å²) in [7, 11) is 1.91. The van der Waals surface area contributed by atoms with Crippen LogP contribution >= 0.6 is 11.8 Å². The van der Waals surface area contributed by atoms with Crippen LogP contribution in [0.1, 0.15) is 18.4 Å². The first-order chi connectivity index (χ1) is 10.2. The van der Waals surface area contributed by atoms with Crippen molar-refractivity contribution in [1.82, 2.24) is 20.1 Å². The molecule has 1 heterocycles. The van der Waals surface area contributed by atoms with Gasteiger partial charge in [-0.15, -0.1) is 10.2 Å². The zero-order valence-electron chi connectivity index (χ0n) is 11.9. The van der Waals surface area contributed by atoms with E-state index in [-0.39, 0.29) is 0 Å². The van der Waals surface area contributed by atoms with E-state index in [0.29, 0.717) is 11.8 Å². The first-order valence-corrected chi connectivity index (χ1v) is 7.93. The normalized spacial score (nSPS) is 17.1. The summed E-state index contributed by atoms with van der Waals surface area (Å²) in [6.07, 6.45) is 3.96. The minimum atomic E-state index is -0.682. The molecule has 21 heavy (non-hydrogen) atoms. The number of nitrogens with one attached hydrogen (secondary N) is 1. The van der Waals surface area contributed by atoms with E-state index in [9.17, 15) is 5.26 Å². The Morgan fingerprint density at radius 1 is 1.43 bits per heavy atom. The van der Waals surface area contributed by atoms with Crippen molar-refractivity contribution >= 4 is 11.8 Å². The van der Waals surface area contributed by atoms with Crippen molar-refractivity contribution in [1.29, 1.82) is 5.26 Å². The molecule has 5 nitrogen and oxygen atoms in total. The Balaban J connectivity index is 1.85. The number of nitriles is 1. The number of aromatic nitrogens is 3. The van der Waals surface area contributed by atoms with Crippen LogP contribution < -0.4 is 5.32 Å². The third-order valence-corrected chi connectivity index (χ3v) is 4.78. The van der Waals surface area contributed by atoms with Crippen molar-refractivity contribution in [2.24, 2.45) is 7.05 Å². The lowest BCUT2D eigenvalue weighted by molar-refractivity contribution is 0.469. The molecule has 0 bridgehead atoms. The van der Waals surface area contributed by atoms with Gasteiger partial charge in [0.1, 0.15) is 11.9 Å². The molecule has 0 saturated heterocycles. The van der Waals surface area contributed by atoms with Crippen LogP contribution in [-0.4, -0.2) is 26.6 Å². The summed E-state index contributed by atoms with van der Waals surface area (Å²) in [6.45, 7) is 0.